The molecule has 0 atom stereocenters. The Labute approximate surface area is 146 Å². The lowest BCUT2D eigenvalue weighted by Crippen LogP contribution is -2.17. The Balaban J connectivity index is 1.74. The highest BCUT2D eigenvalue weighted by Crippen LogP contribution is 2.27. The molecule has 25 heavy (non-hydrogen) atoms. The first-order valence-corrected chi connectivity index (χ1v) is 8.19. The van der Waals surface area contributed by atoms with Crippen LogP contribution in [0, 0.1) is 6.92 Å². The lowest BCUT2D eigenvalue weighted by Gasteiger charge is -2.07. The zero-order chi connectivity index (χ0) is 17.8. The molecule has 1 aliphatic rings. The molecular weight excluding hydrogens is 316 g/mol. The summed E-state index contributed by atoms with van der Waals surface area (Å²) in [6, 6.07) is 9.79. The topological polar surface area (TPSA) is 72.0 Å². The maximum atomic E-state index is 12.4. The molecule has 2 aromatic rings. The van der Waals surface area contributed by atoms with E-state index in [1.54, 1.807) is 13.0 Å². The van der Waals surface area contributed by atoms with Crippen molar-refractivity contribution in [3.63, 3.8) is 0 Å². The van der Waals surface area contributed by atoms with Crippen molar-refractivity contribution in [1.82, 2.24) is 9.97 Å². The van der Waals surface area contributed by atoms with Gasteiger partial charge in [0.15, 0.2) is 5.78 Å². The Kier molecular flexibility index (Phi) is 5.05. The maximum Gasteiger partial charge on any atom is 0.258 e. The number of nitrogens with zero attached hydrogens (tertiary/aromatic N) is 1. The number of carbonyl (C=O) groups is 1. The number of aromatic amines is 1. The lowest BCUT2D eigenvalue weighted by atomic mass is 10.1. The molecule has 3 rings (SSSR count). The van der Waals surface area contributed by atoms with Crippen LogP contribution < -0.4 is 5.56 Å². The van der Waals surface area contributed by atoms with Crippen molar-refractivity contribution in [2.24, 2.45) is 0 Å². The number of H-pyrrole nitrogens is 1. The molecule has 0 radical (unpaired) electrons. The number of hydrogen-bond acceptors (Lipinski definition) is 4. The minimum Gasteiger partial charge on any atom is -0.369 e. The first-order valence-electron chi connectivity index (χ1n) is 8.19. The van der Waals surface area contributed by atoms with Gasteiger partial charge in [-0.2, -0.15) is 0 Å². The van der Waals surface area contributed by atoms with Gasteiger partial charge in [0.1, 0.15) is 12.4 Å². The van der Waals surface area contributed by atoms with Gasteiger partial charge in [0, 0.05) is 12.0 Å². The molecule has 1 N–H and O–H groups in total. The molecule has 1 aliphatic carbocycles. The summed E-state index contributed by atoms with van der Waals surface area (Å²) in [5.41, 5.74) is 3.06. The second-order valence-corrected chi connectivity index (χ2v) is 6.07. The number of aromatic nitrogens is 2. The highest BCUT2D eigenvalue weighted by Gasteiger charge is 2.21. The molecule has 0 bridgehead atoms. The highest BCUT2D eigenvalue weighted by atomic mass is 16.5. The fraction of sp³-hybridized carbons (Fsp3) is 0.250. The Morgan fingerprint density at radius 2 is 1.96 bits per heavy atom. The van der Waals surface area contributed by atoms with Crippen LogP contribution in [-0.4, -0.2) is 15.8 Å². The van der Waals surface area contributed by atoms with Crippen LogP contribution in [0.5, 0.6) is 0 Å². The molecule has 5 nitrogen and oxygen atoms in total. The van der Waals surface area contributed by atoms with Crippen molar-refractivity contribution in [2.75, 3.05) is 0 Å². The molecule has 1 saturated carbocycles. The van der Waals surface area contributed by atoms with Crippen LogP contribution in [-0.2, 0) is 22.7 Å². The van der Waals surface area contributed by atoms with E-state index in [0.717, 1.165) is 11.1 Å². The Morgan fingerprint density at radius 3 is 2.60 bits per heavy atom. The van der Waals surface area contributed by atoms with Crippen LogP contribution in [0.25, 0.3) is 6.08 Å². The monoisotopic (exact) mass is 336 g/mol. The van der Waals surface area contributed by atoms with Crippen molar-refractivity contribution >= 4 is 11.9 Å². The van der Waals surface area contributed by atoms with E-state index >= 15 is 0 Å². The molecule has 1 fully saturated rings. The molecule has 0 unspecified atom stereocenters. The van der Waals surface area contributed by atoms with Gasteiger partial charge in [0.2, 0.25) is 0 Å². The molecule has 0 amide bonds. The smallest absolute Gasteiger partial charge is 0.258 e. The number of hydrogen-bond donors (Lipinski definition) is 1. The second kappa shape index (κ2) is 7.40. The third-order valence-electron chi connectivity index (χ3n) is 4.17. The van der Waals surface area contributed by atoms with E-state index in [4.69, 9.17) is 4.74 Å². The van der Waals surface area contributed by atoms with Gasteiger partial charge in [0.05, 0.1) is 17.9 Å². The van der Waals surface area contributed by atoms with Crippen LogP contribution in [0.1, 0.15) is 35.5 Å². The van der Waals surface area contributed by atoms with Crippen LogP contribution in [0.15, 0.2) is 52.9 Å². The molecule has 5 heteroatoms. The predicted molar refractivity (Wildman–Crippen MR) is 95.9 cm³/mol. The second-order valence-electron chi connectivity index (χ2n) is 6.07. The number of ketones is 1. The number of allylic oxidation sites excluding steroid dienone is 2. The number of Topliss-reactive ketones (excluding diaryl/α,β-unsaturated/α-hetero) is 1. The third-order valence-corrected chi connectivity index (χ3v) is 4.17. The van der Waals surface area contributed by atoms with E-state index in [1.807, 2.05) is 30.3 Å². The molecule has 1 heterocycles. The van der Waals surface area contributed by atoms with Crippen molar-refractivity contribution in [3.8, 4) is 0 Å². The minimum absolute atomic E-state index is 0.0269. The highest BCUT2D eigenvalue weighted by molar-refractivity contribution is 6.06. The molecule has 0 spiro atoms. The fourth-order valence-corrected chi connectivity index (χ4v) is 2.79. The lowest BCUT2D eigenvalue weighted by molar-refractivity contribution is -0.114. The standard InChI is InChI=1S/C20H20N2O3/c1-13-8-9-18(23)16(13)10-17-14(2)21-19(22-20(17)24)12-25-11-15-6-4-3-5-7-15/h3-7,10H,1,8-9,11-12H2,2H3,(H,21,22,24)/b16-10+. The Morgan fingerprint density at radius 1 is 1.20 bits per heavy atom. The number of aryl methyl sites for hydroxylation is 1. The van der Waals surface area contributed by atoms with Gasteiger partial charge >= 0.3 is 0 Å². The number of nitrogens with one attached hydrogen (secondary N) is 1. The molecule has 0 saturated heterocycles. The van der Waals surface area contributed by atoms with Gasteiger partial charge in [-0.15, -0.1) is 0 Å². The summed E-state index contributed by atoms with van der Waals surface area (Å²) in [7, 11) is 0. The van der Waals surface area contributed by atoms with Gasteiger partial charge in [-0.25, -0.2) is 4.98 Å². The van der Waals surface area contributed by atoms with Gasteiger partial charge in [-0.3, -0.25) is 9.59 Å². The van der Waals surface area contributed by atoms with E-state index < -0.39 is 0 Å². The summed E-state index contributed by atoms with van der Waals surface area (Å²) < 4.78 is 5.61. The number of ether oxygens (including phenoxy) is 1. The quantitative estimate of drug-likeness (QED) is 0.852. The van der Waals surface area contributed by atoms with E-state index in [2.05, 4.69) is 16.5 Å². The molecule has 128 valence electrons. The largest absolute Gasteiger partial charge is 0.369 e. The van der Waals surface area contributed by atoms with E-state index in [0.29, 0.717) is 42.1 Å². The summed E-state index contributed by atoms with van der Waals surface area (Å²) in [6.07, 6.45) is 2.72. The van der Waals surface area contributed by atoms with E-state index in [1.165, 1.54) is 0 Å². The van der Waals surface area contributed by atoms with Crippen LogP contribution in [0.4, 0.5) is 0 Å². The summed E-state index contributed by atoms with van der Waals surface area (Å²) in [4.78, 5) is 31.4. The van der Waals surface area contributed by atoms with Crippen molar-refractivity contribution in [2.45, 2.75) is 33.0 Å². The SMILES string of the molecule is C=C1CCC(=O)/C1=C/c1c(C)nc(COCc2ccccc2)[nH]c1=O. The summed E-state index contributed by atoms with van der Waals surface area (Å²) in [6.45, 7) is 6.30. The Hall–Kier alpha value is -2.79. The van der Waals surface area contributed by atoms with Crippen molar-refractivity contribution < 1.29 is 9.53 Å². The Bertz CT molecular complexity index is 877. The van der Waals surface area contributed by atoms with Gasteiger partial charge in [0.25, 0.3) is 5.56 Å². The van der Waals surface area contributed by atoms with Gasteiger partial charge in [-0.05, 0) is 30.6 Å². The van der Waals surface area contributed by atoms with Gasteiger partial charge in [-0.1, -0.05) is 36.9 Å². The normalized spacial score (nSPS) is 16.0. The average Bonchev–Trinajstić information content (AvgIpc) is 2.90. The fourth-order valence-electron chi connectivity index (χ4n) is 2.79. The minimum atomic E-state index is -0.272. The van der Waals surface area contributed by atoms with E-state index in [9.17, 15) is 9.59 Å². The maximum absolute atomic E-state index is 12.4. The average molecular weight is 336 g/mol. The summed E-state index contributed by atoms with van der Waals surface area (Å²) in [5, 5.41) is 0. The summed E-state index contributed by atoms with van der Waals surface area (Å²) >= 11 is 0. The van der Waals surface area contributed by atoms with Crippen molar-refractivity contribution in [1.29, 1.82) is 0 Å². The van der Waals surface area contributed by atoms with Gasteiger partial charge < -0.3 is 9.72 Å². The number of rotatable bonds is 5. The first-order chi connectivity index (χ1) is 12.0. The molecular formula is C20H20N2O3. The van der Waals surface area contributed by atoms with Crippen LogP contribution in [0.3, 0.4) is 0 Å². The van der Waals surface area contributed by atoms with Crippen LogP contribution >= 0.6 is 0 Å². The number of carbonyl (C=O) groups excluding carboxylic acids is 1. The van der Waals surface area contributed by atoms with E-state index in [-0.39, 0.29) is 17.9 Å². The molecule has 1 aromatic heterocycles. The zero-order valence-corrected chi connectivity index (χ0v) is 14.2. The third kappa shape index (κ3) is 4.00. The molecule has 0 aliphatic heterocycles. The molecule has 1 aromatic carbocycles. The summed E-state index contributed by atoms with van der Waals surface area (Å²) in [5.74, 6) is 0.497. The predicted octanol–water partition coefficient (Wildman–Crippen LogP) is 3.10. The first kappa shape index (κ1) is 17.0. The number of benzene rings is 1. The van der Waals surface area contributed by atoms with Crippen molar-refractivity contribution in [3.05, 3.63) is 81.1 Å². The zero-order valence-electron chi connectivity index (χ0n) is 14.2. The van der Waals surface area contributed by atoms with Crippen LogP contribution in [0.2, 0.25) is 0 Å².